The van der Waals surface area contributed by atoms with Crippen LogP contribution in [0.25, 0.3) is 0 Å². The number of fused-ring (bicyclic) bond motifs is 2. The molecular formula is C52H82N12O19. The Labute approximate surface area is 479 Å². The molecule has 0 aromatic rings. The highest BCUT2D eigenvalue weighted by molar-refractivity contribution is 6.00. The summed E-state index contributed by atoms with van der Waals surface area (Å²) < 4.78 is 0. The molecule has 10 atom stereocenters. The molecule has 0 saturated carbocycles. The molecule has 3 heterocycles. The van der Waals surface area contributed by atoms with Gasteiger partial charge in [-0.2, -0.15) is 0 Å². The SMILES string of the molecule is CCCCCCCCCC(=O)N[C@@H](CC(=O)O)C(=O)N[C@H]1CNC(=O)[C@@H]2CCCN2C(=O)[C@H]([C@H](C)CC)NC(=O)[C@H]([C@@H](C)O)NC(=O)CNC(=O)[C@H](CC(=O)O)NC(=O)CNC(=O)[C@H](CC(=O)O)NC(=O)CNC(=O)[C@@H]2CCCCN2C1=O. The van der Waals surface area contributed by atoms with Crippen LogP contribution in [-0.2, 0) is 71.9 Å². The second-order valence-electron chi connectivity index (χ2n) is 20.9. The lowest BCUT2D eigenvalue weighted by Gasteiger charge is -2.37. The van der Waals surface area contributed by atoms with Gasteiger partial charge in [-0.1, -0.05) is 65.7 Å². The highest BCUT2D eigenvalue weighted by Crippen LogP contribution is 2.23. The zero-order valence-corrected chi connectivity index (χ0v) is 47.3. The van der Waals surface area contributed by atoms with Crippen molar-refractivity contribution >= 4 is 88.8 Å². The van der Waals surface area contributed by atoms with Crippen LogP contribution in [0.4, 0.5) is 0 Å². The number of unbranched alkanes of at least 4 members (excludes halogenated alkanes) is 6. The first-order valence-electron chi connectivity index (χ1n) is 28.1. The third kappa shape index (κ3) is 23.4. The lowest BCUT2D eigenvalue weighted by Crippen LogP contribution is -2.63. The molecule has 0 aromatic heterocycles. The third-order valence-electron chi connectivity index (χ3n) is 14.2. The topological polar surface area (TPSA) is 464 Å². The van der Waals surface area contributed by atoms with Crippen molar-refractivity contribution in [2.24, 2.45) is 5.92 Å². The van der Waals surface area contributed by atoms with Gasteiger partial charge in [0, 0.05) is 26.1 Å². The van der Waals surface area contributed by atoms with Gasteiger partial charge in [0.25, 0.3) is 0 Å². The van der Waals surface area contributed by atoms with E-state index in [0.29, 0.717) is 25.7 Å². The molecule has 464 valence electrons. The molecule has 3 saturated heterocycles. The van der Waals surface area contributed by atoms with E-state index in [0.717, 1.165) is 43.9 Å². The average Bonchev–Trinajstić information content (AvgIpc) is 4.21. The smallest absolute Gasteiger partial charge is 0.305 e. The summed E-state index contributed by atoms with van der Waals surface area (Å²) in [5.74, 6) is -17.6. The summed E-state index contributed by atoms with van der Waals surface area (Å²) in [7, 11) is 0. The summed E-state index contributed by atoms with van der Waals surface area (Å²) in [6.45, 7) is 2.79. The molecule has 0 bridgehead atoms. The molecule has 31 heteroatoms. The van der Waals surface area contributed by atoms with Crippen LogP contribution in [0.2, 0.25) is 0 Å². The van der Waals surface area contributed by atoms with Gasteiger partial charge in [0.1, 0.15) is 48.3 Å². The number of amides is 12. The van der Waals surface area contributed by atoms with E-state index in [1.165, 1.54) is 4.90 Å². The van der Waals surface area contributed by atoms with E-state index < -0.39 is 195 Å². The predicted molar refractivity (Wildman–Crippen MR) is 288 cm³/mol. The van der Waals surface area contributed by atoms with Gasteiger partial charge in [-0.05, 0) is 51.4 Å². The minimum atomic E-state index is -1.89. The van der Waals surface area contributed by atoms with Crippen molar-refractivity contribution in [1.29, 1.82) is 0 Å². The first-order valence-corrected chi connectivity index (χ1v) is 28.1. The minimum Gasteiger partial charge on any atom is -0.481 e. The van der Waals surface area contributed by atoms with E-state index in [1.807, 2.05) is 0 Å². The fraction of sp³-hybridized carbons (Fsp3) is 0.712. The van der Waals surface area contributed by atoms with E-state index in [1.54, 1.807) is 13.8 Å². The van der Waals surface area contributed by atoms with Crippen molar-refractivity contribution in [3.05, 3.63) is 0 Å². The quantitative estimate of drug-likeness (QED) is 0.0513. The normalized spacial score (nSPS) is 24.6. The molecule has 3 rings (SSSR count). The molecule has 12 amide bonds. The highest BCUT2D eigenvalue weighted by Gasteiger charge is 2.43. The Morgan fingerprint density at radius 3 is 1.59 bits per heavy atom. The maximum atomic E-state index is 14.7. The second-order valence-corrected chi connectivity index (χ2v) is 20.9. The predicted octanol–water partition coefficient (Wildman–Crippen LogP) is -4.26. The molecule has 0 radical (unpaired) electrons. The lowest BCUT2D eigenvalue weighted by molar-refractivity contribution is -0.146. The van der Waals surface area contributed by atoms with Crippen LogP contribution < -0.4 is 53.2 Å². The molecule has 3 aliphatic rings. The third-order valence-corrected chi connectivity index (χ3v) is 14.2. The molecule has 83 heavy (non-hydrogen) atoms. The molecule has 3 fully saturated rings. The summed E-state index contributed by atoms with van der Waals surface area (Å²) in [5.41, 5.74) is 0. The monoisotopic (exact) mass is 1180 g/mol. The maximum absolute atomic E-state index is 14.7. The molecule has 3 aliphatic heterocycles. The van der Waals surface area contributed by atoms with Gasteiger partial charge in [-0.3, -0.25) is 71.9 Å². The second kappa shape index (κ2) is 35.1. The molecule has 0 aromatic carbocycles. The summed E-state index contributed by atoms with van der Waals surface area (Å²) >= 11 is 0. The van der Waals surface area contributed by atoms with E-state index in [9.17, 15) is 92.3 Å². The van der Waals surface area contributed by atoms with Gasteiger partial charge in [0.2, 0.25) is 70.9 Å². The molecule has 31 nitrogen and oxygen atoms in total. The Morgan fingerprint density at radius 2 is 1.06 bits per heavy atom. The van der Waals surface area contributed by atoms with Crippen molar-refractivity contribution in [3.63, 3.8) is 0 Å². The molecular weight excluding hydrogens is 1100 g/mol. The van der Waals surface area contributed by atoms with Gasteiger partial charge >= 0.3 is 17.9 Å². The summed E-state index contributed by atoms with van der Waals surface area (Å²) in [6, 6.07) is -13.1. The van der Waals surface area contributed by atoms with Crippen LogP contribution in [0.1, 0.15) is 137 Å². The van der Waals surface area contributed by atoms with Crippen LogP contribution in [0.5, 0.6) is 0 Å². The van der Waals surface area contributed by atoms with Gasteiger partial charge in [0.05, 0.1) is 45.0 Å². The van der Waals surface area contributed by atoms with Crippen LogP contribution in [-0.4, -0.2) is 213 Å². The standard InChI is InChI=1S/C52H82N12O19/c1-5-7-8-9-10-11-12-18-36(66)57-32(23-42(74)75)47(78)60-33-24-53-48(79)35-17-15-20-64(35)52(83)43(28(3)6-2)62-50(81)44(29(4)65)61-39(69)27-55-46(77)31(22-41(72)73)58-37(67)25-54-45(76)30(21-40(70)71)59-38(68)26-56-49(80)34-16-13-14-19-63(34)51(33)82/h28-35,43-44,65H,5-27H2,1-4H3,(H,53,79)(H,54,76)(H,55,77)(H,56,80)(H,57,66)(H,58,67)(H,59,68)(H,60,78)(H,61,69)(H,62,81)(H,70,71)(H,72,73)(H,74,75)/t28-,29-,30+,31+,32+,33+,34+,35+,43+,44+/m1/s1. The summed E-state index contributed by atoms with van der Waals surface area (Å²) in [4.78, 5) is 202. The average molecular weight is 1180 g/mol. The molecule has 0 spiro atoms. The number of nitrogens with one attached hydrogen (secondary N) is 10. The van der Waals surface area contributed by atoms with Crippen molar-refractivity contribution in [2.75, 3.05) is 39.3 Å². The number of aliphatic carboxylic acids is 3. The number of nitrogens with zero attached hydrogens (tertiary/aromatic N) is 2. The number of hydrogen-bond acceptors (Lipinski definition) is 16. The number of carbonyl (C=O) groups excluding carboxylic acids is 12. The Balaban J connectivity index is 2.06. The Bertz CT molecular complexity index is 2370. The number of aliphatic hydroxyl groups is 1. The summed E-state index contributed by atoms with van der Waals surface area (Å²) in [5, 5.41) is 62.3. The highest BCUT2D eigenvalue weighted by atomic mass is 16.4. The van der Waals surface area contributed by atoms with Crippen LogP contribution in [0.15, 0.2) is 0 Å². The van der Waals surface area contributed by atoms with Crippen molar-refractivity contribution in [2.45, 2.75) is 191 Å². The number of rotatable bonds is 20. The number of hydrogen-bond donors (Lipinski definition) is 14. The number of carbonyl (C=O) groups is 15. The van der Waals surface area contributed by atoms with E-state index in [-0.39, 0.29) is 45.2 Å². The summed E-state index contributed by atoms with van der Waals surface area (Å²) in [6.07, 6.45) is 2.66. The number of carboxylic acids is 3. The fourth-order valence-electron chi connectivity index (χ4n) is 9.52. The van der Waals surface area contributed by atoms with Crippen LogP contribution in [0, 0.1) is 5.92 Å². The zero-order valence-electron chi connectivity index (χ0n) is 47.3. The largest absolute Gasteiger partial charge is 0.481 e. The number of carboxylic acid groups (broad SMARTS) is 3. The zero-order chi connectivity index (χ0) is 61.9. The van der Waals surface area contributed by atoms with E-state index >= 15 is 0 Å². The first kappa shape index (κ1) is 69.3. The van der Waals surface area contributed by atoms with E-state index in [4.69, 9.17) is 0 Å². The number of piperidine rings is 1. The number of aliphatic hydroxyl groups excluding tert-OH is 1. The van der Waals surface area contributed by atoms with Crippen molar-refractivity contribution in [1.82, 2.24) is 63.0 Å². The van der Waals surface area contributed by atoms with Gasteiger partial charge in [-0.15, -0.1) is 0 Å². The lowest BCUT2D eigenvalue weighted by atomic mass is 9.96. The Hall–Kier alpha value is -7.99. The molecule has 0 aliphatic carbocycles. The van der Waals surface area contributed by atoms with Crippen LogP contribution in [0.3, 0.4) is 0 Å². The van der Waals surface area contributed by atoms with Gasteiger partial charge in [0.15, 0.2) is 0 Å². The van der Waals surface area contributed by atoms with E-state index in [2.05, 4.69) is 60.1 Å². The maximum Gasteiger partial charge on any atom is 0.305 e. The fourth-order valence-corrected chi connectivity index (χ4v) is 9.52. The van der Waals surface area contributed by atoms with Gasteiger partial charge < -0.3 is 83.4 Å². The van der Waals surface area contributed by atoms with Crippen molar-refractivity contribution in [3.8, 4) is 0 Å². The van der Waals surface area contributed by atoms with Gasteiger partial charge in [-0.25, -0.2) is 0 Å². The Morgan fingerprint density at radius 1 is 0.566 bits per heavy atom. The molecule has 0 unspecified atom stereocenters. The molecule has 14 N–H and O–H groups in total. The Kier molecular flexibility index (Phi) is 29.3. The van der Waals surface area contributed by atoms with Crippen molar-refractivity contribution < 1.29 is 92.3 Å². The van der Waals surface area contributed by atoms with Crippen LogP contribution >= 0.6 is 0 Å². The first-order chi connectivity index (χ1) is 39.3. The minimum absolute atomic E-state index is 0.0105.